The van der Waals surface area contributed by atoms with Crippen molar-refractivity contribution < 1.29 is 9.59 Å². The van der Waals surface area contributed by atoms with E-state index < -0.39 is 11.8 Å². The summed E-state index contributed by atoms with van der Waals surface area (Å²) in [5, 5.41) is 2.69. The second kappa shape index (κ2) is 7.78. The highest BCUT2D eigenvalue weighted by molar-refractivity contribution is 6.38. The van der Waals surface area contributed by atoms with Crippen LogP contribution in [0.2, 0.25) is 0 Å². The van der Waals surface area contributed by atoms with Gasteiger partial charge in [-0.1, -0.05) is 63.4 Å². The number of rotatable bonds is 7. The molecule has 1 aromatic rings. The maximum absolute atomic E-state index is 12.1. The first kappa shape index (κ1) is 16.3. The van der Waals surface area contributed by atoms with Crippen LogP contribution in [0.25, 0.3) is 6.08 Å². The molecule has 1 aliphatic rings. The molecule has 0 bridgehead atoms. The minimum Gasteiger partial charge on any atom is -0.304 e. The summed E-state index contributed by atoms with van der Waals surface area (Å²) in [7, 11) is 0. The van der Waals surface area contributed by atoms with Crippen molar-refractivity contribution in [2.75, 3.05) is 6.54 Å². The van der Waals surface area contributed by atoms with Crippen LogP contribution in [0, 0.1) is 5.92 Å². The van der Waals surface area contributed by atoms with Gasteiger partial charge in [0.25, 0.3) is 0 Å². The summed E-state index contributed by atoms with van der Waals surface area (Å²) in [6.07, 6.45) is 6.25. The van der Waals surface area contributed by atoms with Gasteiger partial charge in [0.15, 0.2) is 0 Å². The molecule has 1 atom stereocenters. The molecule has 1 N–H and O–H groups in total. The maximum atomic E-state index is 12.1. The number of hydrogen-bond donors (Lipinski definition) is 1. The molecule has 0 radical (unpaired) electrons. The Bertz CT molecular complexity index is 551. The van der Waals surface area contributed by atoms with Crippen LogP contribution in [-0.2, 0) is 9.59 Å². The lowest BCUT2D eigenvalue weighted by molar-refractivity contribution is -0.140. The molecule has 1 heterocycles. The Kier molecular flexibility index (Phi) is 5.75. The molecule has 2 rings (SSSR count). The molecule has 1 aromatic carbocycles. The Hall–Kier alpha value is -2.10. The van der Waals surface area contributed by atoms with E-state index >= 15 is 0 Å². The molecule has 0 aliphatic carbocycles. The zero-order valence-electron chi connectivity index (χ0n) is 13.3. The first-order valence-electron chi connectivity index (χ1n) is 8.05. The lowest BCUT2D eigenvalue weighted by atomic mass is 9.99. The van der Waals surface area contributed by atoms with Crippen LogP contribution in [0.15, 0.2) is 36.2 Å². The minimum atomic E-state index is -0.535. The molecular weight excluding hydrogens is 276 g/mol. The van der Waals surface area contributed by atoms with E-state index in [4.69, 9.17) is 0 Å². The van der Waals surface area contributed by atoms with Gasteiger partial charge in [0.1, 0.15) is 5.82 Å². The second-order valence-electron chi connectivity index (χ2n) is 5.73. The van der Waals surface area contributed by atoms with Gasteiger partial charge in [-0.2, -0.15) is 0 Å². The fraction of sp³-hybridized carbons (Fsp3) is 0.444. The van der Waals surface area contributed by atoms with Gasteiger partial charge in [-0.05, 0) is 24.0 Å². The smallest absolute Gasteiger partial charge is 0.304 e. The zero-order valence-corrected chi connectivity index (χ0v) is 13.3. The summed E-state index contributed by atoms with van der Waals surface area (Å²) in [4.78, 5) is 25.4. The molecule has 0 saturated carbocycles. The van der Waals surface area contributed by atoms with E-state index in [1.807, 2.05) is 36.4 Å². The molecule has 1 saturated heterocycles. The molecule has 4 heteroatoms. The van der Waals surface area contributed by atoms with E-state index in [1.165, 1.54) is 0 Å². The molecule has 0 aromatic heterocycles. The SMILES string of the molecule is CCCCC(CC)CN1C(=O)C(=O)NC1=Cc1ccccc1. The van der Waals surface area contributed by atoms with Crippen molar-refractivity contribution in [3.8, 4) is 0 Å². The van der Waals surface area contributed by atoms with Crippen LogP contribution in [-0.4, -0.2) is 23.3 Å². The molecule has 1 fully saturated rings. The van der Waals surface area contributed by atoms with Gasteiger partial charge in [-0.3, -0.25) is 14.5 Å². The first-order chi connectivity index (χ1) is 10.7. The van der Waals surface area contributed by atoms with Gasteiger partial charge >= 0.3 is 11.8 Å². The number of carbonyl (C=O) groups is 2. The molecule has 0 spiro atoms. The van der Waals surface area contributed by atoms with E-state index in [-0.39, 0.29) is 0 Å². The van der Waals surface area contributed by atoms with Crippen LogP contribution in [0.3, 0.4) is 0 Å². The highest BCUT2D eigenvalue weighted by atomic mass is 16.2. The first-order valence-corrected chi connectivity index (χ1v) is 8.05. The number of hydrogen-bond acceptors (Lipinski definition) is 2. The van der Waals surface area contributed by atoms with Crippen LogP contribution in [0.5, 0.6) is 0 Å². The average molecular weight is 300 g/mol. The minimum absolute atomic E-state index is 0.427. The topological polar surface area (TPSA) is 49.4 Å². The van der Waals surface area contributed by atoms with Crippen LogP contribution >= 0.6 is 0 Å². The standard InChI is InChI=1S/C18H24N2O2/c1-3-5-9-14(4-2)13-20-16(19-17(21)18(20)22)12-15-10-7-6-8-11-15/h6-8,10-12,14H,3-5,9,13H2,1-2H3,(H,19,21). The van der Waals surface area contributed by atoms with E-state index in [2.05, 4.69) is 19.2 Å². The van der Waals surface area contributed by atoms with Gasteiger partial charge in [-0.25, -0.2) is 0 Å². The van der Waals surface area contributed by atoms with Crippen molar-refractivity contribution in [2.45, 2.75) is 39.5 Å². The number of nitrogens with one attached hydrogen (secondary N) is 1. The predicted molar refractivity (Wildman–Crippen MR) is 87.6 cm³/mol. The van der Waals surface area contributed by atoms with E-state index in [0.29, 0.717) is 18.3 Å². The fourth-order valence-corrected chi connectivity index (χ4v) is 2.65. The van der Waals surface area contributed by atoms with Crippen molar-refractivity contribution in [3.63, 3.8) is 0 Å². The quantitative estimate of drug-likeness (QED) is 0.786. The summed E-state index contributed by atoms with van der Waals surface area (Å²) in [6, 6.07) is 9.72. The van der Waals surface area contributed by atoms with Crippen molar-refractivity contribution >= 4 is 17.9 Å². The molecular formula is C18H24N2O2. The third kappa shape index (κ3) is 3.97. The third-order valence-electron chi connectivity index (χ3n) is 4.06. The van der Waals surface area contributed by atoms with E-state index in [1.54, 1.807) is 4.90 Å². The molecule has 22 heavy (non-hydrogen) atoms. The number of amides is 2. The number of unbranched alkanes of at least 4 members (excludes halogenated alkanes) is 1. The van der Waals surface area contributed by atoms with E-state index in [0.717, 1.165) is 31.2 Å². The second-order valence-corrected chi connectivity index (χ2v) is 5.73. The average Bonchev–Trinajstić information content (AvgIpc) is 2.79. The highest BCUT2D eigenvalue weighted by Gasteiger charge is 2.34. The Labute approximate surface area is 132 Å². The molecule has 1 aliphatic heterocycles. The monoisotopic (exact) mass is 300 g/mol. The zero-order chi connectivity index (χ0) is 15.9. The number of benzene rings is 1. The lowest BCUT2D eigenvalue weighted by Crippen LogP contribution is -2.31. The van der Waals surface area contributed by atoms with E-state index in [9.17, 15) is 9.59 Å². The maximum Gasteiger partial charge on any atom is 0.317 e. The van der Waals surface area contributed by atoms with Gasteiger partial charge in [0, 0.05) is 6.54 Å². The lowest BCUT2D eigenvalue weighted by Gasteiger charge is -2.22. The Morgan fingerprint density at radius 1 is 1.18 bits per heavy atom. The molecule has 118 valence electrons. The summed E-state index contributed by atoms with van der Waals surface area (Å²) >= 11 is 0. The largest absolute Gasteiger partial charge is 0.317 e. The Morgan fingerprint density at radius 3 is 2.55 bits per heavy atom. The Balaban J connectivity index is 2.16. The van der Waals surface area contributed by atoms with Gasteiger partial charge in [0.2, 0.25) is 0 Å². The molecule has 1 unspecified atom stereocenters. The van der Waals surface area contributed by atoms with Crippen molar-refractivity contribution in [2.24, 2.45) is 5.92 Å². The summed E-state index contributed by atoms with van der Waals surface area (Å²) in [6.45, 7) is 4.91. The van der Waals surface area contributed by atoms with Crippen LogP contribution in [0.1, 0.15) is 45.1 Å². The molecule has 4 nitrogen and oxygen atoms in total. The van der Waals surface area contributed by atoms with Gasteiger partial charge < -0.3 is 5.32 Å². The van der Waals surface area contributed by atoms with Crippen molar-refractivity contribution in [1.82, 2.24) is 10.2 Å². The summed E-state index contributed by atoms with van der Waals surface area (Å²) < 4.78 is 0. The molecule has 2 amide bonds. The number of nitrogens with zero attached hydrogens (tertiary/aromatic N) is 1. The summed E-state index contributed by atoms with van der Waals surface area (Å²) in [5.74, 6) is 0.0385. The van der Waals surface area contributed by atoms with Gasteiger partial charge in [0.05, 0.1) is 0 Å². The normalized spacial score (nSPS) is 17.9. The van der Waals surface area contributed by atoms with Crippen LogP contribution < -0.4 is 5.32 Å². The van der Waals surface area contributed by atoms with Crippen molar-refractivity contribution in [1.29, 1.82) is 0 Å². The highest BCUT2D eigenvalue weighted by Crippen LogP contribution is 2.20. The fourth-order valence-electron chi connectivity index (χ4n) is 2.65. The third-order valence-corrected chi connectivity index (χ3v) is 4.06. The van der Waals surface area contributed by atoms with Crippen LogP contribution in [0.4, 0.5) is 0 Å². The van der Waals surface area contributed by atoms with Crippen molar-refractivity contribution in [3.05, 3.63) is 41.7 Å². The van der Waals surface area contributed by atoms with Gasteiger partial charge in [-0.15, -0.1) is 0 Å². The predicted octanol–water partition coefficient (Wildman–Crippen LogP) is 3.16. The summed E-state index contributed by atoms with van der Waals surface area (Å²) in [5.41, 5.74) is 0.971. The number of carbonyl (C=O) groups excluding carboxylic acids is 2. The Morgan fingerprint density at radius 2 is 1.91 bits per heavy atom.